The monoisotopic (exact) mass is 307 g/mol. The second kappa shape index (κ2) is 7.27. The van der Waals surface area contributed by atoms with Gasteiger partial charge in [0.15, 0.2) is 0 Å². The Hall–Kier alpha value is -1.81. The summed E-state index contributed by atoms with van der Waals surface area (Å²) in [7, 11) is 1.35. The van der Waals surface area contributed by atoms with Crippen LogP contribution in [0.15, 0.2) is 30.3 Å². The first kappa shape index (κ1) is 15.6. The summed E-state index contributed by atoms with van der Waals surface area (Å²) >= 11 is 6.04. The number of esters is 1. The van der Waals surface area contributed by atoms with Gasteiger partial charge in [0.1, 0.15) is 6.04 Å². The van der Waals surface area contributed by atoms with Crippen molar-refractivity contribution in [2.75, 3.05) is 13.7 Å². The van der Waals surface area contributed by atoms with Gasteiger partial charge < -0.3 is 9.64 Å². The number of piperidine rings is 1. The van der Waals surface area contributed by atoms with Crippen molar-refractivity contribution in [1.29, 1.82) is 0 Å². The fourth-order valence-electron chi connectivity index (χ4n) is 2.44. The second-order valence-electron chi connectivity index (χ2n) is 4.92. The zero-order chi connectivity index (χ0) is 15.2. The van der Waals surface area contributed by atoms with E-state index in [0.717, 1.165) is 18.4 Å². The van der Waals surface area contributed by atoms with Crippen LogP contribution in [0.25, 0.3) is 6.08 Å². The van der Waals surface area contributed by atoms with Crippen LogP contribution in [0.3, 0.4) is 0 Å². The van der Waals surface area contributed by atoms with E-state index in [1.165, 1.54) is 13.2 Å². The van der Waals surface area contributed by atoms with Gasteiger partial charge in [-0.3, -0.25) is 4.79 Å². The number of nitrogens with zero attached hydrogens (tertiary/aromatic N) is 1. The number of hydrogen-bond acceptors (Lipinski definition) is 3. The zero-order valence-corrected chi connectivity index (χ0v) is 12.7. The van der Waals surface area contributed by atoms with Gasteiger partial charge in [0.05, 0.1) is 7.11 Å². The van der Waals surface area contributed by atoms with Crippen molar-refractivity contribution >= 4 is 29.6 Å². The van der Waals surface area contributed by atoms with Crippen molar-refractivity contribution < 1.29 is 14.3 Å². The molecule has 0 N–H and O–H groups in total. The van der Waals surface area contributed by atoms with Crippen molar-refractivity contribution in [3.05, 3.63) is 40.9 Å². The fourth-order valence-corrected chi connectivity index (χ4v) is 2.64. The predicted molar refractivity (Wildman–Crippen MR) is 81.9 cm³/mol. The highest BCUT2D eigenvalue weighted by Crippen LogP contribution is 2.20. The summed E-state index contributed by atoms with van der Waals surface area (Å²) in [6, 6.07) is 6.81. The first-order valence-corrected chi connectivity index (χ1v) is 7.32. The van der Waals surface area contributed by atoms with Gasteiger partial charge in [-0.25, -0.2) is 4.79 Å². The van der Waals surface area contributed by atoms with E-state index in [2.05, 4.69) is 0 Å². The molecule has 1 fully saturated rings. The maximum atomic E-state index is 12.3. The van der Waals surface area contributed by atoms with E-state index >= 15 is 0 Å². The van der Waals surface area contributed by atoms with Crippen molar-refractivity contribution in [1.82, 2.24) is 4.90 Å². The zero-order valence-electron chi connectivity index (χ0n) is 11.9. The Labute approximate surface area is 129 Å². The highest BCUT2D eigenvalue weighted by molar-refractivity contribution is 6.32. The van der Waals surface area contributed by atoms with Crippen LogP contribution in [0.2, 0.25) is 5.02 Å². The molecular formula is C16H18ClNO3. The predicted octanol–water partition coefficient (Wildman–Crippen LogP) is 2.91. The third-order valence-corrected chi connectivity index (χ3v) is 3.91. The third-order valence-electron chi connectivity index (χ3n) is 3.57. The first-order valence-electron chi connectivity index (χ1n) is 6.94. The van der Waals surface area contributed by atoms with Gasteiger partial charge in [-0.1, -0.05) is 29.8 Å². The van der Waals surface area contributed by atoms with Gasteiger partial charge in [0.2, 0.25) is 5.91 Å². The molecule has 5 heteroatoms. The van der Waals surface area contributed by atoms with Gasteiger partial charge in [-0.05, 0) is 37.0 Å². The molecule has 112 valence electrons. The molecule has 21 heavy (non-hydrogen) atoms. The summed E-state index contributed by atoms with van der Waals surface area (Å²) in [6.07, 6.45) is 5.62. The van der Waals surface area contributed by atoms with Crippen molar-refractivity contribution in [3.8, 4) is 0 Å². The molecule has 0 spiro atoms. The highest BCUT2D eigenvalue weighted by Gasteiger charge is 2.31. The maximum Gasteiger partial charge on any atom is 0.328 e. The van der Waals surface area contributed by atoms with E-state index < -0.39 is 6.04 Å². The minimum Gasteiger partial charge on any atom is -0.467 e. The molecule has 2 rings (SSSR count). The molecule has 1 amide bonds. The summed E-state index contributed by atoms with van der Waals surface area (Å²) in [5.74, 6) is -0.542. The second-order valence-corrected chi connectivity index (χ2v) is 5.33. The van der Waals surface area contributed by atoms with Crippen molar-refractivity contribution in [2.24, 2.45) is 0 Å². The molecule has 1 aliphatic heterocycles. The first-order chi connectivity index (χ1) is 10.1. The Morgan fingerprint density at radius 3 is 2.81 bits per heavy atom. The minimum absolute atomic E-state index is 0.190. The average molecular weight is 308 g/mol. The van der Waals surface area contributed by atoms with E-state index in [9.17, 15) is 9.59 Å². The largest absolute Gasteiger partial charge is 0.467 e. The molecule has 1 unspecified atom stereocenters. The number of methoxy groups -OCH3 is 1. The quantitative estimate of drug-likeness (QED) is 0.637. The van der Waals surface area contributed by atoms with Crippen LogP contribution < -0.4 is 0 Å². The number of rotatable bonds is 3. The van der Waals surface area contributed by atoms with Crippen LogP contribution in [0, 0.1) is 0 Å². The SMILES string of the molecule is COC(=O)C1CCCCN1C(=O)/C=C/c1ccccc1Cl. The Morgan fingerprint density at radius 1 is 1.33 bits per heavy atom. The number of amides is 1. The lowest BCUT2D eigenvalue weighted by Crippen LogP contribution is -2.47. The summed E-state index contributed by atoms with van der Waals surface area (Å²) in [4.78, 5) is 25.6. The summed E-state index contributed by atoms with van der Waals surface area (Å²) in [5, 5.41) is 0.588. The molecule has 0 aromatic heterocycles. The van der Waals surface area contributed by atoms with Gasteiger partial charge in [0, 0.05) is 17.6 Å². The number of likely N-dealkylation sites (tertiary alicyclic amines) is 1. The van der Waals surface area contributed by atoms with Gasteiger partial charge >= 0.3 is 5.97 Å². The normalized spacial score (nSPS) is 18.8. The third kappa shape index (κ3) is 3.85. The Balaban J connectivity index is 2.11. The molecule has 4 nitrogen and oxygen atoms in total. The lowest BCUT2D eigenvalue weighted by molar-refractivity contribution is -0.153. The van der Waals surface area contributed by atoms with E-state index in [1.807, 2.05) is 18.2 Å². The Morgan fingerprint density at radius 2 is 2.10 bits per heavy atom. The number of carbonyl (C=O) groups is 2. The van der Waals surface area contributed by atoms with Crippen LogP contribution in [0.1, 0.15) is 24.8 Å². The summed E-state index contributed by atoms with van der Waals surface area (Å²) in [5.41, 5.74) is 0.777. The topological polar surface area (TPSA) is 46.6 Å². The van der Waals surface area contributed by atoms with Gasteiger partial charge in [-0.2, -0.15) is 0 Å². The van der Waals surface area contributed by atoms with Crippen molar-refractivity contribution in [3.63, 3.8) is 0 Å². The maximum absolute atomic E-state index is 12.3. The molecule has 1 aliphatic rings. The van der Waals surface area contributed by atoms with Crippen LogP contribution in [0.5, 0.6) is 0 Å². The Kier molecular flexibility index (Phi) is 5.39. The molecular weight excluding hydrogens is 290 g/mol. The molecule has 0 bridgehead atoms. The molecule has 0 aliphatic carbocycles. The molecule has 1 atom stereocenters. The number of benzene rings is 1. The molecule has 1 aromatic carbocycles. The van der Waals surface area contributed by atoms with E-state index in [0.29, 0.717) is 18.0 Å². The standard InChI is InChI=1S/C16H18ClNO3/c1-21-16(20)14-8-4-5-11-18(14)15(19)10-9-12-6-2-3-7-13(12)17/h2-3,6-7,9-10,14H,4-5,8,11H2,1H3/b10-9+. The number of hydrogen-bond donors (Lipinski definition) is 0. The van der Waals surface area contributed by atoms with Crippen LogP contribution in [-0.4, -0.2) is 36.5 Å². The van der Waals surface area contributed by atoms with Crippen molar-refractivity contribution in [2.45, 2.75) is 25.3 Å². The highest BCUT2D eigenvalue weighted by atomic mass is 35.5. The average Bonchev–Trinajstić information content (AvgIpc) is 2.53. The van der Waals surface area contributed by atoms with Crippen LogP contribution in [0.4, 0.5) is 0 Å². The number of carbonyl (C=O) groups excluding carboxylic acids is 2. The Bertz CT molecular complexity index is 556. The molecule has 1 aromatic rings. The fraction of sp³-hybridized carbons (Fsp3) is 0.375. The van der Waals surface area contributed by atoms with Gasteiger partial charge in [-0.15, -0.1) is 0 Å². The summed E-state index contributed by atoms with van der Waals surface area (Å²) < 4.78 is 4.77. The summed E-state index contributed by atoms with van der Waals surface area (Å²) in [6.45, 7) is 0.575. The smallest absolute Gasteiger partial charge is 0.328 e. The molecule has 1 heterocycles. The van der Waals surface area contributed by atoms with Crippen LogP contribution in [-0.2, 0) is 14.3 Å². The molecule has 1 saturated heterocycles. The van der Waals surface area contributed by atoms with Gasteiger partial charge in [0.25, 0.3) is 0 Å². The van der Waals surface area contributed by atoms with E-state index in [1.54, 1.807) is 17.0 Å². The molecule has 0 saturated carbocycles. The van der Waals surface area contributed by atoms with Crippen LogP contribution >= 0.6 is 11.6 Å². The van der Waals surface area contributed by atoms with E-state index in [-0.39, 0.29) is 11.9 Å². The molecule has 0 radical (unpaired) electrons. The lowest BCUT2D eigenvalue weighted by atomic mass is 10.0. The minimum atomic E-state index is -0.479. The number of halogens is 1. The number of ether oxygens (including phenoxy) is 1. The van der Waals surface area contributed by atoms with E-state index in [4.69, 9.17) is 16.3 Å². The lowest BCUT2D eigenvalue weighted by Gasteiger charge is -2.32.